The Balaban J connectivity index is 3.20. The van der Waals surface area contributed by atoms with E-state index in [1.807, 2.05) is 46.8 Å². The van der Waals surface area contributed by atoms with Crippen LogP contribution in [0.4, 0.5) is 0 Å². The summed E-state index contributed by atoms with van der Waals surface area (Å²) in [7, 11) is 0. The van der Waals surface area contributed by atoms with E-state index in [4.69, 9.17) is 5.41 Å². The normalized spacial score (nSPS) is 12.9. The molecule has 0 saturated heterocycles. The van der Waals surface area contributed by atoms with Crippen molar-refractivity contribution < 1.29 is 0 Å². The van der Waals surface area contributed by atoms with Crippen LogP contribution in [0.2, 0.25) is 0 Å². The van der Waals surface area contributed by atoms with E-state index >= 15 is 0 Å². The Labute approximate surface area is 104 Å². The van der Waals surface area contributed by atoms with Crippen molar-refractivity contribution in [3.8, 4) is 6.07 Å². The Bertz CT molecular complexity index is 452. The second kappa shape index (κ2) is 4.71. The molecule has 17 heavy (non-hydrogen) atoms. The number of nitrogens with one attached hydrogen (secondary N) is 1. The van der Waals surface area contributed by atoms with Crippen molar-refractivity contribution in [2.45, 2.75) is 40.5 Å². The Morgan fingerprint density at radius 3 is 2.00 bits per heavy atom. The SMILES string of the molecule is Cc1cc(C)cc(C(C#N)C(=N)C(C)(C)C)c1. The van der Waals surface area contributed by atoms with Gasteiger partial charge in [-0.25, -0.2) is 0 Å². The molecule has 2 nitrogen and oxygen atoms in total. The van der Waals surface area contributed by atoms with E-state index in [1.165, 1.54) is 0 Å². The maximum Gasteiger partial charge on any atom is 0.109 e. The van der Waals surface area contributed by atoms with E-state index in [2.05, 4.69) is 12.1 Å². The van der Waals surface area contributed by atoms with Crippen LogP contribution in [0.1, 0.15) is 43.4 Å². The largest absolute Gasteiger partial charge is 0.307 e. The minimum absolute atomic E-state index is 0.266. The summed E-state index contributed by atoms with van der Waals surface area (Å²) in [6, 6.07) is 8.34. The molecule has 0 aromatic heterocycles. The lowest BCUT2D eigenvalue weighted by atomic mass is 9.79. The van der Waals surface area contributed by atoms with Gasteiger partial charge in [-0.05, 0) is 19.4 Å². The summed E-state index contributed by atoms with van der Waals surface area (Å²) in [5, 5.41) is 17.5. The molecule has 1 unspecified atom stereocenters. The predicted molar refractivity (Wildman–Crippen MR) is 71.5 cm³/mol. The van der Waals surface area contributed by atoms with Crippen LogP contribution in [0.3, 0.4) is 0 Å². The second-order valence-corrected chi connectivity index (χ2v) is 5.65. The molecule has 90 valence electrons. The predicted octanol–water partition coefficient (Wildman–Crippen LogP) is 3.98. The molecule has 0 radical (unpaired) electrons. The molecule has 0 saturated carbocycles. The number of nitriles is 1. The lowest BCUT2D eigenvalue weighted by Gasteiger charge is -2.24. The third-order valence-corrected chi connectivity index (χ3v) is 2.80. The van der Waals surface area contributed by atoms with Crippen LogP contribution in [0.5, 0.6) is 0 Å². The number of rotatable bonds is 2. The van der Waals surface area contributed by atoms with Crippen LogP contribution in [0.15, 0.2) is 18.2 Å². The Kier molecular flexibility index (Phi) is 3.72. The first-order valence-electron chi connectivity index (χ1n) is 5.82. The number of hydrogen-bond acceptors (Lipinski definition) is 2. The Morgan fingerprint density at radius 1 is 1.18 bits per heavy atom. The van der Waals surface area contributed by atoms with E-state index in [0.29, 0.717) is 5.71 Å². The molecule has 0 heterocycles. The average Bonchev–Trinajstić information content (AvgIpc) is 2.15. The monoisotopic (exact) mass is 228 g/mol. The van der Waals surface area contributed by atoms with Crippen molar-refractivity contribution in [1.82, 2.24) is 0 Å². The quantitative estimate of drug-likeness (QED) is 0.765. The number of nitrogens with zero attached hydrogens (tertiary/aromatic N) is 1. The molecule has 2 heteroatoms. The molecule has 0 aliphatic rings. The summed E-state index contributed by atoms with van der Waals surface area (Å²) in [5.41, 5.74) is 3.43. The van der Waals surface area contributed by atoms with Gasteiger partial charge in [0, 0.05) is 11.1 Å². The van der Waals surface area contributed by atoms with Crippen LogP contribution in [0.25, 0.3) is 0 Å². The zero-order valence-corrected chi connectivity index (χ0v) is 11.3. The van der Waals surface area contributed by atoms with Crippen molar-refractivity contribution in [1.29, 1.82) is 10.7 Å². The van der Waals surface area contributed by atoms with Gasteiger partial charge in [-0.3, -0.25) is 0 Å². The zero-order valence-electron chi connectivity index (χ0n) is 11.3. The molecule has 0 aliphatic heterocycles. The minimum Gasteiger partial charge on any atom is -0.307 e. The fourth-order valence-corrected chi connectivity index (χ4v) is 1.92. The summed E-state index contributed by atoms with van der Waals surface area (Å²) in [6.07, 6.45) is 0. The summed E-state index contributed by atoms with van der Waals surface area (Å²) < 4.78 is 0. The number of benzene rings is 1. The summed E-state index contributed by atoms with van der Waals surface area (Å²) in [4.78, 5) is 0. The molecular weight excluding hydrogens is 208 g/mol. The molecule has 0 aliphatic carbocycles. The van der Waals surface area contributed by atoms with Gasteiger partial charge in [0.2, 0.25) is 0 Å². The van der Waals surface area contributed by atoms with Gasteiger partial charge in [-0.15, -0.1) is 0 Å². The molecule has 1 aromatic carbocycles. The van der Waals surface area contributed by atoms with Crippen LogP contribution >= 0.6 is 0 Å². The van der Waals surface area contributed by atoms with Crippen molar-refractivity contribution >= 4 is 5.71 Å². The molecule has 1 atom stereocenters. The first kappa shape index (κ1) is 13.4. The average molecular weight is 228 g/mol. The maximum atomic E-state index is 9.30. The van der Waals surface area contributed by atoms with Crippen LogP contribution in [-0.4, -0.2) is 5.71 Å². The molecule has 0 amide bonds. The highest BCUT2D eigenvalue weighted by molar-refractivity contribution is 5.94. The van der Waals surface area contributed by atoms with Crippen LogP contribution < -0.4 is 0 Å². The lowest BCUT2D eigenvalue weighted by Crippen LogP contribution is -2.25. The fraction of sp³-hybridized carbons (Fsp3) is 0.467. The van der Waals surface area contributed by atoms with Crippen molar-refractivity contribution in [2.75, 3.05) is 0 Å². The zero-order chi connectivity index (χ0) is 13.2. The van der Waals surface area contributed by atoms with Gasteiger partial charge in [0.1, 0.15) is 5.92 Å². The second-order valence-electron chi connectivity index (χ2n) is 5.65. The van der Waals surface area contributed by atoms with Crippen LogP contribution in [-0.2, 0) is 0 Å². The topological polar surface area (TPSA) is 47.6 Å². The minimum atomic E-state index is -0.436. The number of aryl methyl sites for hydroxylation is 2. The van der Waals surface area contributed by atoms with Gasteiger partial charge in [0.15, 0.2) is 0 Å². The highest BCUT2D eigenvalue weighted by atomic mass is 14.5. The van der Waals surface area contributed by atoms with Gasteiger partial charge >= 0.3 is 0 Å². The van der Waals surface area contributed by atoms with Gasteiger partial charge in [-0.2, -0.15) is 5.26 Å². The third-order valence-electron chi connectivity index (χ3n) is 2.80. The van der Waals surface area contributed by atoms with Crippen LogP contribution in [0, 0.1) is 36.0 Å². The molecule has 1 N–H and O–H groups in total. The Hall–Kier alpha value is -1.62. The summed E-state index contributed by atoms with van der Waals surface area (Å²) >= 11 is 0. The maximum absolute atomic E-state index is 9.30. The third kappa shape index (κ3) is 3.17. The molecule has 0 spiro atoms. The van der Waals surface area contributed by atoms with E-state index in [0.717, 1.165) is 16.7 Å². The molecule has 0 fully saturated rings. The lowest BCUT2D eigenvalue weighted by molar-refractivity contribution is 0.572. The highest BCUT2D eigenvalue weighted by Crippen LogP contribution is 2.28. The first-order chi connectivity index (χ1) is 7.75. The van der Waals surface area contributed by atoms with Crippen molar-refractivity contribution in [2.24, 2.45) is 5.41 Å². The van der Waals surface area contributed by atoms with Gasteiger partial charge < -0.3 is 5.41 Å². The van der Waals surface area contributed by atoms with Crippen molar-refractivity contribution in [3.63, 3.8) is 0 Å². The standard InChI is InChI=1S/C15H20N2/c1-10-6-11(2)8-12(7-10)13(9-16)14(17)15(3,4)5/h6-8,13,17H,1-5H3. The highest BCUT2D eigenvalue weighted by Gasteiger charge is 2.27. The molecule has 1 rings (SSSR count). The Morgan fingerprint density at radius 2 is 1.65 bits per heavy atom. The first-order valence-corrected chi connectivity index (χ1v) is 5.82. The van der Waals surface area contributed by atoms with Crippen molar-refractivity contribution in [3.05, 3.63) is 34.9 Å². The smallest absolute Gasteiger partial charge is 0.109 e. The van der Waals surface area contributed by atoms with E-state index in [1.54, 1.807) is 0 Å². The molecule has 1 aromatic rings. The van der Waals surface area contributed by atoms with E-state index in [9.17, 15) is 5.26 Å². The van der Waals surface area contributed by atoms with E-state index in [-0.39, 0.29) is 5.41 Å². The summed E-state index contributed by atoms with van der Waals surface area (Å²) in [6.45, 7) is 9.96. The molecule has 0 bridgehead atoms. The van der Waals surface area contributed by atoms with Gasteiger partial charge in [-0.1, -0.05) is 50.1 Å². The van der Waals surface area contributed by atoms with E-state index < -0.39 is 5.92 Å². The fourth-order valence-electron chi connectivity index (χ4n) is 1.92. The van der Waals surface area contributed by atoms with Gasteiger partial charge in [0.05, 0.1) is 6.07 Å². The number of hydrogen-bond donors (Lipinski definition) is 1. The summed E-state index contributed by atoms with van der Waals surface area (Å²) in [5.74, 6) is -0.436. The van der Waals surface area contributed by atoms with Gasteiger partial charge in [0.25, 0.3) is 0 Å². The molecular formula is C15H20N2.